The number of cyclic esters (lactones) is 1. The van der Waals surface area contributed by atoms with Gasteiger partial charge in [-0.3, -0.25) is 9.59 Å². The van der Waals surface area contributed by atoms with Gasteiger partial charge in [-0.1, -0.05) is 27.7 Å². The van der Waals surface area contributed by atoms with E-state index in [1.165, 1.54) is 0 Å². The summed E-state index contributed by atoms with van der Waals surface area (Å²) in [5.74, 6) is -0.307. The van der Waals surface area contributed by atoms with Gasteiger partial charge in [0.15, 0.2) is 18.2 Å². The summed E-state index contributed by atoms with van der Waals surface area (Å²) in [7, 11) is 0. The summed E-state index contributed by atoms with van der Waals surface area (Å²) in [6.45, 7) is 10.1. The summed E-state index contributed by atoms with van der Waals surface area (Å²) in [5.41, 5.74) is -0.908. The van der Waals surface area contributed by atoms with Gasteiger partial charge in [-0.2, -0.15) is 0 Å². The molecule has 2 saturated heterocycles. The van der Waals surface area contributed by atoms with Crippen molar-refractivity contribution < 1.29 is 23.8 Å². The molecule has 0 aromatic carbocycles. The molecule has 5 heteroatoms. The smallest absolute Gasteiger partial charge is 0.320 e. The van der Waals surface area contributed by atoms with Crippen LogP contribution in [0.25, 0.3) is 0 Å². The lowest BCUT2D eigenvalue weighted by Crippen LogP contribution is -2.55. The summed E-state index contributed by atoms with van der Waals surface area (Å²) >= 11 is 0. The minimum absolute atomic E-state index is 0.0315. The minimum Gasteiger partial charge on any atom is -0.457 e. The van der Waals surface area contributed by atoms with Gasteiger partial charge in [0.05, 0.1) is 13.2 Å². The average molecular weight is 336 g/mol. The van der Waals surface area contributed by atoms with E-state index in [4.69, 9.17) is 14.2 Å². The van der Waals surface area contributed by atoms with Crippen LogP contribution >= 0.6 is 0 Å². The van der Waals surface area contributed by atoms with Crippen molar-refractivity contribution in [3.63, 3.8) is 0 Å². The van der Waals surface area contributed by atoms with Gasteiger partial charge in [-0.05, 0) is 30.1 Å². The third kappa shape index (κ3) is 2.13. The van der Waals surface area contributed by atoms with Gasteiger partial charge in [-0.15, -0.1) is 0 Å². The Labute approximate surface area is 143 Å². The second kappa shape index (κ2) is 4.82. The molecule has 2 aliphatic heterocycles. The summed E-state index contributed by atoms with van der Waals surface area (Å²) in [6, 6.07) is 0. The van der Waals surface area contributed by atoms with E-state index in [-0.39, 0.29) is 35.1 Å². The molecule has 0 aromatic heterocycles. The highest BCUT2D eigenvalue weighted by atomic mass is 16.7. The largest absolute Gasteiger partial charge is 0.457 e. The standard InChI is InChI=1S/C19H28O5/c1-12-5-19(23-10-16(2,3)11-24-19)7-13-6-18(9-17(12,13)4)14(20)8-22-15(18)21/h12-13H,5-11H2,1-4H3/t12-,13-,17+,18+/m0/s1. The Kier molecular flexibility index (Phi) is 3.32. The van der Waals surface area contributed by atoms with Crippen molar-refractivity contribution in [2.24, 2.45) is 28.1 Å². The van der Waals surface area contributed by atoms with E-state index >= 15 is 0 Å². The first-order valence-electron chi connectivity index (χ1n) is 9.09. The van der Waals surface area contributed by atoms with Crippen molar-refractivity contribution in [1.82, 2.24) is 0 Å². The number of esters is 1. The van der Waals surface area contributed by atoms with Crippen LogP contribution in [0.4, 0.5) is 0 Å². The zero-order valence-corrected chi connectivity index (χ0v) is 15.1. The first-order chi connectivity index (χ1) is 11.1. The van der Waals surface area contributed by atoms with Crippen molar-refractivity contribution in [3.05, 3.63) is 0 Å². The Balaban J connectivity index is 1.62. The first kappa shape index (κ1) is 16.5. The molecule has 0 amide bonds. The monoisotopic (exact) mass is 336 g/mol. The molecule has 4 atom stereocenters. The van der Waals surface area contributed by atoms with E-state index in [1.807, 2.05) is 0 Å². The second-order valence-corrected chi connectivity index (χ2v) is 9.63. The molecule has 5 nitrogen and oxygen atoms in total. The Bertz CT molecular complexity index is 569. The molecule has 0 N–H and O–H groups in total. The molecule has 4 fully saturated rings. The van der Waals surface area contributed by atoms with Crippen LogP contribution in [0.5, 0.6) is 0 Å². The number of ketones is 1. The predicted octanol–water partition coefficient (Wildman–Crippen LogP) is 2.71. The highest BCUT2D eigenvalue weighted by molar-refractivity contribution is 6.09. The Morgan fingerprint density at radius 2 is 1.67 bits per heavy atom. The fraction of sp³-hybridized carbons (Fsp3) is 0.895. The molecule has 0 aromatic rings. The molecule has 134 valence electrons. The molecule has 4 rings (SSSR count). The van der Waals surface area contributed by atoms with Crippen LogP contribution < -0.4 is 0 Å². The summed E-state index contributed by atoms with van der Waals surface area (Å²) < 4.78 is 17.6. The van der Waals surface area contributed by atoms with Gasteiger partial charge in [0, 0.05) is 18.3 Å². The Morgan fingerprint density at radius 3 is 2.25 bits per heavy atom. The number of Topliss-reactive ketones (excluding diaryl/α,β-unsaturated/α-hetero) is 1. The van der Waals surface area contributed by atoms with Crippen molar-refractivity contribution >= 4 is 11.8 Å². The van der Waals surface area contributed by atoms with Crippen LogP contribution in [-0.4, -0.2) is 37.4 Å². The van der Waals surface area contributed by atoms with Crippen LogP contribution in [0.15, 0.2) is 0 Å². The summed E-state index contributed by atoms with van der Waals surface area (Å²) in [4.78, 5) is 24.8. The number of carbonyl (C=O) groups is 2. The minimum atomic E-state index is -0.910. The van der Waals surface area contributed by atoms with E-state index in [1.54, 1.807) is 0 Å². The maximum absolute atomic E-state index is 12.4. The molecule has 0 unspecified atom stereocenters. The lowest BCUT2D eigenvalue weighted by Gasteiger charge is -2.53. The molecule has 2 heterocycles. The SMILES string of the molecule is C[C@H]1CC2(C[C@@H]3C[C@@]4(C[C@@]31C)C(=O)COC4=O)OCC(C)(C)CO2. The third-order valence-corrected chi connectivity index (χ3v) is 7.22. The van der Waals surface area contributed by atoms with Crippen molar-refractivity contribution in [2.75, 3.05) is 19.8 Å². The maximum Gasteiger partial charge on any atom is 0.320 e. The molecule has 4 aliphatic rings. The number of ether oxygens (including phenoxy) is 3. The van der Waals surface area contributed by atoms with Crippen molar-refractivity contribution in [3.8, 4) is 0 Å². The number of carbonyl (C=O) groups excluding carboxylic acids is 2. The van der Waals surface area contributed by atoms with Gasteiger partial charge in [0.1, 0.15) is 5.41 Å². The Hall–Kier alpha value is -0.940. The molecule has 0 radical (unpaired) electrons. The van der Waals surface area contributed by atoms with E-state index < -0.39 is 11.2 Å². The van der Waals surface area contributed by atoms with Crippen molar-refractivity contribution in [2.45, 2.75) is 59.2 Å². The van der Waals surface area contributed by atoms with Gasteiger partial charge in [0.2, 0.25) is 0 Å². The van der Waals surface area contributed by atoms with Crippen LogP contribution in [0.2, 0.25) is 0 Å². The highest BCUT2D eigenvalue weighted by Crippen LogP contribution is 2.65. The van der Waals surface area contributed by atoms with Gasteiger partial charge < -0.3 is 14.2 Å². The molecular formula is C19H28O5. The third-order valence-electron chi connectivity index (χ3n) is 7.22. The van der Waals surface area contributed by atoms with E-state index in [0.717, 1.165) is 12.8 Å². The van der Waals surface area contributed by atoms with Crippen LogP contribution in [0.1, 0.15) is 53.4 Å². The Morgan fingerprint density at radius 1 is 1.00 bits per heavy atom. The molecule has 2 spiro atoms. The molecule has 24 heavy (non-hydrogen) atoms. The molecule has 2 aliphatic carbocycles. The average Bonchev–Trinajstić information content (AvgIpc) is 2.96. The van der Waals surface area contributed by atoms with Gasteiger partial charge >= 0.3 is 5.97 Å². The number of hydrogen-bond donors (Lipinski definition) is 0. The van der Waals surface area contributed by atoms with Crippen LogP contribution in [0, 0.1) is 28.1 Å². The van der Waals surface area contributed by atoms with E-state index in [2.05, 4.69) is 27.7 Å². The van der Waals surface area contributed by atoms with Gasteiger partial charge in [-0.25, -0.2) is 0 Å². The molecule has 0 bridgehead atoms. The molecule has 2 saturated carbocycles. The summed E-state index contributed by atoms with van der Waals surface area (Å²) in [5, 5.41) is 0. The molecular weight excluding hydrogens is 308 g/mol. The number of hydrogen-bond acceptors (Lipinski definition) is 5. The quantitative estimate of drug-likeness (QED) is 0.503. The second-order valence-electron chi connectivity index (χ2n) is 9.63. The maximum atomic E-state index is 12.4. The topological polar surface area (TPSA) is 61.8 Å². The lowest BCUT2D eigenvalue weighted by atomic mass is 9.61. The first-order valence-corrected chi connectivity index (χ1v) is 9.09. The number of rotatable bonds is 0. The van der Waals surface area contributed by atoms with Crippen LogP contribution in [0.3, 0.4) is 0 Å². The zero-order chi connectivity index (χ0) is 17.4. The highest BCUT2D eigenvalue weighted by Gasteiger charge is 2.67. The normalized spacial score (nSPS) is 46.3. The summed E-state index contributed by atoms with van der Waals surface area (Å²) in [6.07, 6.45) is 2.80. The van der Waals surface area contributed by atoms with Crippen LogP contribution in [-0.2, 0) is 23.8 Å². The zero-order valence-electron chi connectivity index (χ0n) is 15.1. The van der Waals surface area contributed by atoms with E-state index in [9.17, 15) is 9.59 Å². The van der Waals surface area contributed by atoms with Crippen molar-refractivity contribution in [1.29, 1.82) is 0 Å². The number of fused-ring (bicyclic) bond motifs is 1. The fourth-order valence-electron chi connectivity index (χ4n) is 5.42. The predicted molar refractivity (Wildman–Crippen MR) is 86.0 cm³/mol. The fourth-order valence-corrected chi connectivity index (χ4v) is 5.42. The van der Waals surface area contributed by atoms with E-state index in [0.29, 0.717) is 32.0 Å². The lowest BCUT2D eigenvalue weighted by molar-refractivity contribution is -0.329. The van der Waals surface area contributed by atoms with Gasteiger partial charge in [0.25, 0.3) is 0 Å².